The van der Waals surface area contributed by atoms with Gasteiger partial charge in [-0.25, -0.2) is 0 Å². The molecule has 1 N–H and O–H groups in total. The molecule has 0 saturated carbocycles. The van der Waals surface area contributed by atoms with Crippen LogP contribution >= 0.6 is 0 Å². The lowest BCUT2D eigenvalue weighted by Crippen LogP contribution is -1.99. The zero-order chi connectivity index (χ0) is 8.43. The molecule has 0 aliphatic rings. The number of rotatable bonds is 2. The molecule has 0 bridgehead atoms. The zero-order valence-corrected chi connectivity index (χ0v) is 7.18. The second kappa shape index (κ2) is 2.78. The highest BCUT2D eigenvalue weighted by molar-refractivity contribution is 5.70. The first-order valence-corrected chi connectivity index (χ1v) is 3.52. The normalized spacial score (nSPS) is 9.73. The van der Waals surface area contributed by atoms with Crippen LogP contribution in [0.1, 0.15) is 12.5 Å². The van der Waals surface area contributed by atoms with Crippen molar-refractivity contribution in [2.45, 2.75) is 6.92 Å². The van der Waals surface area contributed by atoms with Crippen LogP contribution in [0.3, 0.4) is 0 Å². The lowest BCUT2D eigenvalue weighted by Gasteiger charge is -2.03. The van der Waals surface area contributed by atoms with Crippen molar-refractivity contribution >= 4 is 11.4 Å². The van der Waals surface area contributed by atoms with E-state index < -0.39 is 0 Å². The molecule has 0 saturated heterocycles. The molecule has 1 aromatic heterocycles. The van der Waals surface area contributed by atoms with Gasteiger partial charge in [0.25, 0.3) is 0 Å². The van der Waals surface area contributed by atoms with E-state index in [1.54, 1.807) is 4.68 Å². The van der Waals surface area contributed by atoms with E-state index in [1.165, 1.54) is 0 Å². The summed E-state index contributed by atoms with van der Waals surface area (Å²) in [4.78, 5) is 0. The number of nitrogens with one attached hydrogen (secondary N) is 1. The number of hydrogen-bond donors (Lipinski definition) is 1. The topological polar surface area (TPSA) is 29.9 Å². The number of hydrogen-bond acceptors (Lipinski definition) is 2. The Morgan fingerprint density at radius 2 is 2.36 bits per heavy atom. The Labute approximate surface area is 66.7 Å². The fourth-order valence-electron chi connectivity index (χ4n) is 1.05. The number of allylic oxidation sites excluding steroid dienone is 1. The van der Waals surface area contributed by atoms with Gasteiger partial charge in [0.2, 0.25) is 0 Å². The highest BCUT2D eigenvalue weighted by Gasteiger charge is 2.05. The smallest absolute Gasteiger partial charge is 0.131 e. The predicted octanol–water partition coefficient (Wildman–Crippen LogP) is 1.49. The van der Waals surface area contributed by atoms with Gasteiger partial charge in [0.15, 0.2) is 0 Å². The molecule has 0 spiro atoms. The van der Waals surface area contributed by atoms with Crippen LogP contribution in [-0.2, 0) is 7.05 Å². The van der Waals surface area contributed by atoms with E-state index in [2.05, 4.69) is 17.0 Å². The van der Waals surface area contributed by atoms with Crippen molar-refractivity contribution in [2.75, 3.05) is 12.4 Å². The maximum absolute atomic E-state index is 4.10. The van der Waals surface area contributed by atoms with Gasteiger partial charge in [-0.2, -0.15) is 5.10 Å². The van der Waals surface area contributed by atoms with E-state index in [4.69, 9.17) is 0 Å². The summed E-state index contributed by atoms with van der Waals surface area (Å²) in [5.41, 5.74) is 2.11. The fraction of sp³-hybridized carbons (Fsp3) is 0.375. The van der Waals surface area contributed by atoms with Crippen molar-refractivity contribution in [3.63, 3.8) is 0 Å². The summed E-state index contributed by atoms with van der Waals surface area (Å²) in [6.07, 6.45) is 1.81. The summed E-state index contributed by atoms with van der Waals surface area (Å²) in [5, 5.41) is 7.17. The van der Waals surface area contributed by atoms with Gasteiger partial charge in [-0.05, 0) is 12.5 Å². The third-order valence-corrected chi connectivity index (χ3v) is 1.64. The Kier molecular flexibility index (Phi) is 1.98. The predicted molar refractivity (Wildman–Crippen MR) is 47.5 cm³/mol. The molecule has 0 amide bonds. The van der Waals surface area contributed by atoms with E-state index in [9.17, 15) is 0 Å². The van der Waals surface area contributed by atoms with Gasteiger partial charge >= 0.3 is 0 Å². The largest absolute Gasteiger partial charge is 0.373 e. The lowest BCUT2D eigenvalue weighted by molar-refractivity contribution is 0.774. The zero-order valence-electron chi connectivity index (χ0n) is 7.18. The third-order valence-electron chi connectivity index (χ3n) is 1.64. The molecule has 1 rings (SSSR count). The Balaban J connectivity index is 3.15. The summed E-state index contributed by atoms with van der Waals surface area (Å²) in [5.74, 6) is 1.01. The van der Waals surface area contributed by atoms with E-state index in [1.807, 2.05) is 27.2 Å². The standard InChI is InChI=1S/C8H13N3/c1-6(2)7-5-10-11(4)8(7)9-3/h5,9H,1H2,2-4H3. The molecule has 3 heteroatoms. The van der Waals surface area contributed by atoms with Gasteiger partial charge in [0.1, 0.15) is 5.82 Å². The van der Waals surface area contributed by atoms with Crippen LogP contribution in [0.5, 0.6) is 0 Å². The minimum absolute atomic E-state index is 1.01. The second-order valence-electron chi connectivity index (χ2n) is 2.56. The molecule has 60 valence electrons. The van der Waals surface area contributed by atoms with Crippen LogP contribution < -0.4 is 5.32 Å². The first-order chi connectivity index (χ1) is 5.16. The fourth-order valence-corrected chi connectivity index (χ4v) is 1.05. The summed E-state index contributed by atoms with van der Waals surface area (Å²) < 4.78 is 1.80. The lowest BCUT2D eigenvalue weighted by atomic mass is 10.2. The Bertz CT molecular complexity index is 273. The van der Waals surface area contributed by atoms with Crippen LogP contribution in [0, 0.1) is 0 Å². The highest BCUT2D eigenvalue weighted by Crippen LogP contribution is 2.20. The SMILES string of the molecule is C=C(C)c1cnn(C)c1NC. The Morgan fingerprint density at radius 1 is 1.73 bits per heavy atom. The maximum atomic E-state index is 4.10. The van der Waals surface area contributed by atoms with Gasteiger partial charge in [-0.3, -0.25) is 4.68 Å². The van der Waals surface area contributed by atoms with Crippen molar-refractivity contribution in [3.05, 3.63) is 18.3 Å². The molecule has 0 aliphatic carbocycles. The van der Waals surface area contributed by atoms with Crippen molar-refractivity contribution in [2.24, 2.45) is 7.05 Å². The number of nitrogens with zero attached hydrogens (tertiary/aromatic N) is 2. The Morgan fingerprint density at radius 3 is 2.73 bits per heavy atom. The van der Waals surface area contributed by atoms with Gasteiger partial charge in [-0.1, -0.05) is 6.58 Å². The molecule has 3 nitrogen and oxygen atoms in total. The average Bonchev–Trinajstić information content (AvgIpc) is 2.30. The summed E-state index contributed by atoms with van der Waals surface area (Å²) >= 11 is 0. The van der Waals surface area contributed by atoms with E-state index >= 15 is 0 Å². The van der Waals surface area contributed by atoms with Crippen LogP contribution in [0.2, 0.25) is 0 Å². The van der Waals surface area contributed by atoms with Crippen molar-refractivity contribution in [3.8, 4) is 0 Å². The van der Waals surface area contributed by atoms with Crippen molar-refractivity contribution in [1.82, 2.24) is 9.78 Å². The molecule has 0 fully saturated rings. The van der Waals surface area contributed by atoms with Crippen LogP contribution in [0.4, 0.5) is 5.82 Å². The molecular formula is C8H13N3. The minimum Gasteiger partial charge on any atom is -0.373 e. The summed E-state index contributed by atoms with van der Waals surface area (Å²) in [6.45, 7) is 5.82. The number of aryl methyl sites for hydroxylation is 1. The number of anilines is 1. The minimum atomic E-state index is 1.01. The monoisotopic (exact) mass is 151 g/mol. The second-order valence-corrected chi connectivity index (χ2v) is 2.56. The molecule has 11 heavy (non-hydrogen) atoms. The summed E-state index contributed by atoms with van der Waals surface area (Å²) in [6, 6.07) is 0. The van der Waals surface area contributed by atoms with Crippen molar-refractivity contribution < 1.29 is 0 Å². The van der Waals surface area contributed by atoms with Gasteiger partial charge < -0.3 is 5.32 Å². The van der Waals surface area contributed by atoms with Gasteiger partial charge in [0, 0.05) is 19.7 Å². The third kappa shape index (κ3) is 1.27. The first-order valence-electron chi connectivity index (χ1n) is 3.52. The first kappa shape index (κ1) is 7.85. The number of aromatic nitrogens is 2. The van der Waals surface area contributed by atoms with Crippen LogP contribution in [0.25, 0.3) is 5.57 Å². The van der Waals surface area contributed by atoms with E-state index in [-0.39, 0.29) is 0 Å². The molecule has 1 aromatic rings. The summed E-state index contributed by atoms with van der Waals surface area (Å²) in [7, 11) is 3.78. The van der Waals surface area contributed by atoms with Crippen LogP contribution in [0.15, 0.2) is 12.8 Å². The van der Waals surface area contributed by atoms with Gasteiger partial charge in [-0.15, -0.1) is 0 Å². The quantitative estimate of drug-likeness (QED) is 0.694. The maximum Gasteiger partial charge on any atom is 0.131 e. The molecule has 0 aromatic carbocycles. The average molecular weight is 151 g/mol. The molecule has 0 unspecified atom stereocenters. The van der Waals surface area contributed by atoms with Crippen LogP contribution in [-0.4, -0.2) is 16.8 Å². The molecule has 0 radical (unpaired) electrons. The Hall–Kier alpha value is -1.25. The van der Waals surface area contributed by atoms with E-state index in [0.717, 1.165) is 17.0 Å². The molecule has 0 aliphatic heterocycles. The molecular weight excluding hydrogens is 138 g/mol. The van der Waals surface area contributed by atoms with Gasteiger partial charge in [0.05, 0.1) is 6.20 Å². The highest BCUT2D eigenvalue weighted by atomic mass is 15.3. The molecule has 0 atom stereocenters. The van der Waals surface area contributed by atoms with Crippen molar-refractivity contribution in [1.29, 1.82) is 0 Å². The molecule has 1 heterocycles. The van der Waals surface area contributed by atoms with E-state index in [0.29, 0.717) is 0 Å².